The van der Waals surface area contributed by atoms with Gasteiger partial charge in [0, 0.05) is 106 Å². The first-order chi connectivity index (χ1) is 51.3. The highest BCUT2D eigenvalue weighted by Gasteiger charge is 2.38. The number of nitrogens with two attached hydrogens (primary N) is 7. The second-order valence-corrected chi connectivity index (χ2v) is 29.5. The number of H-pyrrole nitrogens is 1. The second-order valence-electron chi connectivity index (χ2n) is 29.5. The standard InChI is InChI=1S/C77H131N17O14/c1-8-10-11-12-13-14-15-16-17-18-19-20-21-27-60(98)38-53(25-22-33-86-75(79)80)70(104)91-61(28-24-35-88-77(83)84)64(99)40-55(36-48(3)4)73(107)92-62(43-58-45-85-47-89-58)66(101)42-57(46-95)74(108)94-69(51(7)96)67(102)39-54(26-23-34-87-76(81)82)71(105)93-63(44-68(78)103)65(100)41-56(37-52-29-31-59(97)32-30-52)72(106)90-50(6)49(5)9-2/h29-32,45,47-51,53-57,61-63,69,95-97H,8-28,33-44,46H2,1-7H3,(H2,78,103)(H,85,89)(H,90,106)(H,91,104)(H,92,107)(H,93,105)(H,94,108)(H4,79,80,86)(H4,81,82,87)(H4,83,84,88)/t49-,50+,51+,53+,54+,55+,56+,57-,61-,62-,63-,69-/m0/s1. The Morgan fingerprint density at radius 2 is 0.926 bits per heavy atom. The Labute approximate surface area is 638 Å². The molecule has 0 spiro atoms. The maximum atomic E-state index is 14.7. The lowest BCUT2D eigenvalue weighted by Gasteiger charge is -2.27. The van der Waals surface area contributed by atoms with Gasteiger partial charge in [-0.05, 0) is 101 Å². The number of phenolic OH excluding ortho intramolecular Hbond substituents is 1. The predicted octanol–water partition coefficient (Wildman–Crippen LogP) is 4.20. The molecule has 0 aliphatic carbocycles. The number of aliphatic hydroxyl groups is 2. The number of primary amides is 1. The summed E-state index contributed by atoms with van der Waals surface area (Å²) in [7, 11) is 0. The van der Waals surface area contributed by atoms with Crippen LogP contribution in [0.5, 0.6) is 5.75 Å². The maximum absolute atomic E-state index is 14.7. The van der Waals surface area contributed by atoms with Gasteiger partial charge in [0.15, 0.2) is 41.0 Å². The van der Waals surface area contributed by atoms with Gasteiger partial charge in [-0.15, -0.1) is 0 Å². The Bertz CT molecular complexity index is 3150. The molecule has 6 amide bonds. The summed E-state index contributed by atoms with van der Waals surface area (Å²) in [6, 6.07) is -0.222. The molecule has 0 saturated heterocycles. The quantitative estimate of drug-likeness (QED) is 0.0251. The molecule has 108 heavy (non-hydrogen) atoms. The highest BCUT2D eigenvalue weighted by atomic mass is 16.3. The van der Waals surface area contributed by atoms with Crippen molar-refractivity contribution in [3.05, 3.63) is 48.0 Å². The number of hydrogen-bond donors (Lipinski definition) is 16. The molecule has 1 heterocycles. The fourth-order valence-electron chi connectivity index (χ4n) is 12.8. The van der Waals surface area contributed by atoms with Gasteiger partial charge in [-0.1, -0.05) is 130 Å². The number of ketones is 5. The topological polar surface area (TPSA) is 557 Å². The molecule has 23 N–H and O–H groups in total. The van der Waals surface area contributed by atoms with Gasteiger partial charge in [0.25, 0.3) is 0 Å². The summed E-state index contributed by atoms with van der Waals surface area (Å²) in [6.45, 7) is 12.1. The number of nitrogens with one attached hydrogen (secondary N) is 6. The number of guanidine groups is 3. The van der Waals surface area contributed by atoms with Crippen LogP contribution < -0.4 is 66.7 Å². The van der Waals surface area contributed by atoms with E-state index in [0.717, 1.165) is 32.1 Å². The molecular weight excluding hydrogens is 1390 g/mol. The summed E-state index contributed by atoms with van der Waals surface area (Å²) in [5.74, 6) is -14.4. The molecule has 0 bridgehead atoms. The molecule has 2 rings (SSSR count). The number of amides is 6. The third-order valence-corrected chi connectivity index (χ3v) is 19.5. The number of nitrogens with zero attached hydrogens (tertiary/aromatic N) is 4. The molecule has 1 aromatic carbocycles. The van der Waals surface area contributed by atoms with Gasteiger partial charge < -0.3 is 87.0 Å². The smallest absolute Gasteiger partial charge is 0.226 e. The molecule has 12 atom stereocenters. The lowest BCUT2D eigenvalue weighted by molar-refractivity contribution is -0.138. The molecule has 2 aromatic rings. The number of aromatic hydroxyl groups is 1. The van der Waals surface area contributed by atoms with E-state index in [9.17, 15) is 68.1 Å². The number of hydrogen-bond acceptors (Lipinski definition) is 18. The van der Waals surface area contributed by atoms with Gasteiger partial charge in [0.1, 0.15) is 17.6 Å². The van der Waals surface area contributed by atoms with E-state index in [-0.39, 0.29) is 131 Å². The number of carbonyl (C=O) groups is 11. The van der Waals surface area contributed by atoms with Gasteiger partial charge in [0.05, 0.1) is 49.5 Å². The van der Waals surface area contributed by atoms with E-state index in [1.54, 1.807) is 12.1 Å². The molecule has 0 fully saturated rings. The number of Topliss-reactive ketones (excluding diaryl/α,β-unsaturated/α-hetero) is 5. The first kappa shape index (κ1) is 95.2. The second kappa shape index (κ2) is 53.8. The Morgan fingerprint density at radius 3 is 1.42 bits per heavy atom. The van der Waals surface area contributed by atoms with Crippen LogP contribution in [0.25, 0.3) is 0 Å². The zero-order valence-electron chi connectivity index (χ0n) is 65.2. The Hall–Kier alpha value is -8.87. The fraction of sp³-hybridized carbons (Fsp3) is 0.701. The number of phenols is 1. The summed E-state index contributed by atoms with van der Waals surface area (Å²) in [6.07, 6.45) is 14.6. The summed E-state index contributed by atoms with van der Waals surface area (Å²) < 4.78 is 0. The van der Waals surface area contributed by atoms with Crippen molar-refractivity contribution < 1.29 is 68.1 Å². The van der Waals surface area contributed by atoms with Crippen LogP contribution in [-0.4, -0.2) is 170 Å². The number of imidazole rings is 1. The first-order valence-electron chi connectivity index (χ1n) is 38.9. The van der Waals surface area contributed by atoms with Crippen molar-refractivity contribution in [2.24, 2.45) is 96.5 Å². The monoisotopic (exact) mass is 1520 g/mol. The summed E-state index contributed by atoms with van der Waals surface area (Å²) in [5.41, 5.74) is 40.2. The summed E-state index contributed by atoms with van der Waals surface area (Å²) in [4.78, 5) is 175. The minimum atomic E-state index is -1.77. The van der Waals surface area contributed by atoms with Gasteiger partial charge in [-0.3, -0.25) is 67.7 Å². The van der Waals surface area contributed by atoms with E-state index >= 15 is 0 Å². The number of aliphatic imine (C=N–C) groups is 3. The highest BCUT2D eigenvalue weighted by molar-refractivity contribution is 5.99. The Morgan fingerprint density at radius 1 is 0.481 bits per heavy atom. The molecule has 0 aliphatic rings. The third kappa shape index (κ3) is 40.9. The fourth-order valence-corrected chi connectivity index (χ4v) is 12.8. The van der Waals surface area contributed by atoms with Crippen molar-refractivity contribution in [3.8, 4) is 5.75 Å². The average molecular weight is 1520 g/mol. The number of aromatic nitrogens is 2. The zero-order chi connectivity index (χ0) is 80.7. The summed E-state index contributed by atoms with van der Waals surface area (Å²) in [5, 5.41) is 45.5. The lowest BCUT2D eigenvalue weighted by atomic mass is 9.87. The Kier molecular flexibility index (Phi) is 47.5. The highest BCUT2D eigenvalue weighted by Crippen LogP contribution is 2.25. The van der Waals surface area contributed by atoms with Crippen LogP contribution in [0.4, 0.5) is 0 Å². The van der Waals surface area contributed by atoms with Crippen LogP contribution >= 0.6 is 0 Å². The minimum absolute atomic E-state index is 0.0208. The number of aliphatic hydroxyl groups excluding tert-OH is 2. The first-order valence-corrected chi connectivity index (χ1v) is 38.9. The van der Waals surface area contributed by atoms with E-state index in [1.807, 2.05) is 34.6 Å². The minimum Gasteiger partial charge on any atom is -0.508 e. The van der Waals surface area contributed by atoms with Crippen LogP contribution in [-0.2, 0) is 65.6 Å². The van der Waals surface area contributed by atoms with Crippen molar-refractivity contribution in [2.75, 3.05) is 26.2 Å². The number of aromatic amines is 1. The molecule has 0 saturated carbocycles. The molecular formula is C77H131N17O14. The summed E-state index contributed by atoms with van der Waals surface area (Å²) >= 11 is 0. The van der Waals surface area contributed by atoms with Gasteiger partial charge >= 0.3 is 0 Å². The SMILES string of the molecule is CCCCCCCCCCCCCCCC(=O)C[C@@H](CCCN=C(N)N)C(=O)N[C@@H](CCCN=C(N)N)C(=O)C[C@@H](CC(C)C)C(=O)N[C@@H](Cc1cnc[nH]1)C(=O)C[C@@H](CO)C(=O)N[C@H](C(=O)C[C@@H](CCCN=C(N)N)C(=O)N[C@@H](CC(N)=O)C(=O)C[C@@H](Cc1ccc(O)cc1)C(=O)N[C@H](C)[C@@H](C)CC)[C@@H](C)O. The van der Waals surface area contributed by atoms with Crippen LogP contribution in [0.1, 0.15) is 240 Å². The van der Waals surface area contributed by atoms with Crippen molar-refractivity contribution in [2.45, 2.75) is 277 Å². The van der Waals surface area contributed by atoms with E-state index in [0.29, 0.717) is 24.1 Å². The van der Waals surface area contributed by atoms with Crippen LogP contribution in [0.15, 0.2) is 51.8 Å². The molecule has 608 valence electrons. The van der Waals surface area contributed by atoms with Crippen LogP contribution in [0.2, 0.25) is 0 Å². The third-order valence-electron chi connectivity index (χ3n) is 19.5. The molecule has 31 nitrogen and oxygen atoms in total. The largest absolute Gasteiger partial charge is 0.508 e. The van der Waals surface area contributed by atoms with E-state index in [1.165, 1.54) is 82.9 Å². The van der Waals surface area contributed by atoms with Crippen molar-refractivity contribution in [1.82, 2.24) is 36.6 Å². The number of unbranched alkanes of at least 4 members (excludes halogenated alkanes) is 12. The Balaban J connectivity index is 2.44. The van der Waals surface area contributed by atoms with E-state index in [2.05, 4.69) is 58.5 Å². The molecule has 31 heteroatoms. The molecule has 0 radical (unpaired) electrons. The van der Waals surface area contributed by atoms with E-state index in [4.69, 9.17) is 40.1 Å². The van der Waals surface area contributed by atoms with Crippen molar-refractivity contribution in [1.29, 1.82) is 0 Å². The van der Waals surface area contributed by atoms with E-state index < -0.39 is 157 Å². The molecule has 0 aliphatic heterocycles. The van der Waals surface area contributed by atoms with Gasteiger partial charge in [-0.25, -0.2) is 4.98 Å². The lowest BCUT2D eigenvalue weighted by Crippen LogP contribution is -2.52. The zero-order valence-corrected chi connectivity index (χ0v) is 65.2. The number of rotatable bonds is 62. The number of benzene rings is 1. The molecule has 1 aromatic heterocycles. The van der Waals surface area contributed by atoms with Crippen LogP contribution in [0.3, 0.4) is 0 Å². The van der Waals surface area contributed by atoms with Gasteiger partial charge in [-0.2, -0.15) is 0 Å². The average Bonchev–Trinajstić information content (AvgIpc) is 1.01. The van der Waals surface area contributed by atoms with Crippen molar-refractivity contribution >= 4 is 82.2 Å². The number of carbonyl (C=O) groups excluding carboxylic acids is 11. The van der Waals surface area contributed by atoms with Crippen LogP contribution in [0, 0.1) is 41.4 Å². The molecule has 0 unspecified atom stereocenters. The predicted molar refractivity (Wildman–Crippen MR) is 417 cm³/mol. The van der Waals surface area contributed by atoms with Gasteiger partial charge in [0.2, 0.25) is 35.4 Å². The normalized spacial score (nSPS) is 14.6. The van der Waals surface area contributed by atoms with Crippen molar-refractivity contribution in [3.63, 3.8) is 0 Å². The maximum Gasteiger partial charge on any atom is 0.226 e.